The van der Waals surface area contributed by atoms with E-state index in [1.807, 2.05) is 6.92 Å². The second-order valence-corrected chi connectivity index (χ2v) is 3.96. The van der Waals surface area contributed by atoms with Crippen molar-refractivity contribution in [2.24, 2.45) is 0 Å². The van der Waals surface area contributed by atoms with Gasteiger partial charge in [-0.2, -0.15) is 0 Å². The molecule has 1 aromatic heterocycles. The highest BCUT2D eigenvalue weighted by Crippen LogP contribution is 2.10. The van der Waals surface area contributed by atoms with Crippen molar-refractivity contribution in [3.8, 4) is 0 Å². The Morgan fingerprint density at radius 2 is 2.21 bits per heavy atom. The number of nitrogens with one attached hydrogen (secondary N) is 1. The van der Waals surface area contributed by atoms with E-state index in [1.165, 1.54) is 19.5 Å². The molecule has 0 bridgehead atoms. The topological polar surface area (TPSA) is 101 Å². The van der Waals surface area contributed by atoms with E-state index < -0.39 is 18.0 Å². The Balaban J connectivity index is 2.78. The quantitative estimate of drug-likeness (QED) is 0.718. The number of carbonyl (C=O) groups is 2. The van der Waals surface area contributed by atoms with Crippen LogP contribution in [0.25, 0.3) is 0 Å². The molecule has 1 heterocycles. The second-order valence-electron chi connectivity index (χ2n) is 3.96. The molecule has 1 aromatic rings. The summed E-state index contributed by atoms with van der Waals surface area (Å²) < 4.78 is 4.54. The minimum Gasteiger partial charge on any atom is -0.480 e. The molecular weight excluding hydrogens is 250 g/mol. The van der Waals surface area contributed by atoms with Gasteiger partial charge < -0.3 is 15.2 Å². The molecule has 0 radical (unpaired) electrons. The van der Waals surface area contributed by atoms with E-state index >= 15 is 0 Å². The molecule has 1 rings (SSSR count). The van der Waals surface area contributed by atoms with Crippen molar-refractivity contribution < 1.29 is 19.4 Å². The lowest BCUT2D eigenvalue weighted by Gasteiger charge is -2.14. The summed E-state index contributed by atoms with van der Waals surface area (Å²) in [4.78, 5) is 30.0. The predicted octanol–water partition coefficient (Wildman–Crippen LogP) is 1.32. The van der Waals surface area contributed by atoms with Crippen LogP contribution in [-0.2, 0) is 9.53 Å². The number of hydrogen-bond donors (Lipinski definition) is 2. The van der Waals surface area contributed by atoms with Gasteiger partial charge in [-0.15, -0.1) is 0 Å². The van der Waals surface area contributed by atoms with E-state index in [0.29, 0.717) is 12.2 Å². The van der Waals surface area contributed by atoms with Crippen LogP contribution in [0.2, 0.25) is 0 Å². The van der Waals surface area contributed by atoms with Crippen LogP contribution in [-0.4, -0.2) is 40.2 Å². The Hall–Kier alpha value is -2.18. The molecule has 7 heteroatoms. The number of aliphatic carboxylic acids is 1. The van der Waals surface area contributed by atoms with Crippen LogP contribution in [0.1, 0.15) is 36.7 Å². The molecule has 0 amide bonds. The highest BCUT2D eigenvalue weighted by atomic mass is 16.5. The summed E-state index contributed by atoms with van der Waals surface area (Å²) in [6.07, 6.45) is 3.37. The summed E-state index contributed by atoms with van der Waals surface area (Å²) in [5.41, 5.74) is 0.0830. The zero-order chi connectivity index (χ0) is 14.3. The Morgan fingerprint density at radius 3 is 2.79 bits per heavy atom. The molecule has 19 heavy (non-hydrogen) atoms. The van der Waals surface area contributed by atoms with E-state index in [4.69, 9.17) is 5.11 Å². The van der Waals surface area contributed by atoms with E-state index in [1.54, 1.807) is 0 Å². The fraction of sp³-hybridized carbons (Fsp3) is 0.500. The lowest BCUT2D eigenvalue weighted by molar-refractivity contribution is -0.138. The molecule has 104 valence electrons. The monoisotopic (exact) mass is 267 g/mol. The molecule has 2 N–H and O–H groups in total. The van der Waals surface area contributed by atoms with Gasteiger partial charge in [-0.1, -0.05) is 19.8 Å². The van der Waals surface area contributed by atoms with Crippen LogP contribution in [0.5, 0.6) is 0 Å². The molecule has 0 saturated carbocycles. The number of methoxy groups -OCH3 is 1. The first kappa shape index (κ1) is 14.9. The standard InChI is InChI=1S/C12H17N3O4/c1-3-4-5-8(11(16)17)15-10-6-9(12(18)19-2)13-7-14-10/h6-8H,3-5H2,1-2H3,(H,16,17)(H,13,14,15). The number of aromatic nitrogens is 2. The Labute approximate surface area is 111 Å². The third kappa shape index (κ3) is 4.53. The zero-order valence-electron chi connectivity index (χ0n) is 10.9. The van der Waals surface area contributed by atoms with Crippen LogP contribution < -0.4 is 5.32 Å². The van der Waals surface area contributed by atoms with Crippen LogP contribution in [0, 0.1) is 0 Å². The number of hydrogen-bond acceptors (Lipinski definition) is 6. The van der Waals surface area contributed by atoms with Crippen molar-refractivity contribution in [1.82, 2.24) is 9.97 Å². The summed E-state index contributed by atoms with van der Waals surface area (Å²) in [5.74, 6) is -1.25. The highest BCUT2D eigenvalue weighted by molar-refractivity contribution is 5.88. The van der Waals surface area contributed by atoms with Crippen LogP contribution in [0.3, 0.4) is 0 Å². The number of esters is 1. The fourth-order valence-corrected chi connectivity index (χ4v) is 1.50. The number of anilines is 1. The first-order valence-corrected chi connectivity index (χ1v) is 5.98. The van der Waals surface area contributed by atoms with E-state index in [-0.39, 0.29) is 5.69 Å². The first-order valence-electron chi connectivity index (χ1n) is 5.98. The summed E-state index contributed by atoms with van der Waals surface area (Å²) in [5, 5.41) is 11.9. The molecule has 0 aliphatic heterocycles. The fourth-order valence-electron chi connectivity index (χ4n) is 1.50. The second kappa shape index (κ2) is 7.30. The maximum absolute atomic E-state index is 11.3. The lowest BCUT2D eigenvalue weighted by atomic mass is 10.1. The number of carboxylic acid groups (broad SMARTS) is 1. The number of rotatable bonds is 7. The van der Waals surface area contributed by atoms with Crippen LogP contribution >= 0.6 is 0 Å². The average Bonchev–Trinajstić information content (AvgIpc) is 2.42. The third-order valence-electron chi connectivity index (χ3n) is 2.53. The van der Waals surface area contributed by atoms with Crippen LogP contribution in [0.4, 0.5) is 5.82 Å². The number of carbonyl (C=O) groups excluding carboxylic acids is 1. The number of carboxylic acids is 1. The lowest BCUT2D eigenvalue weighted by Crippen LogP contribution is -2.29. The third-order valence-corrected chi connectivity index (χ3v) is 2.53. The van der Waals surface area contributed by atoms with Gasteiger partial charge in [-0.3, -0.25) is 0 Å². The summed E-state index contributed by atoms with van der Waals surface area (Å²) >= 11 is 0. The van der Waals surface area contributed by atoms with Crippen molar-refractivity contribution in [2.45, 2.75) is 32.2 Å². The normalized spacial score (nSPS) is 11.7. The smallest absolute Gasteiger partial charge is 0.356 e. The molecule has 0 fully saturated rings. The van der Waals surface area contributed by atoms with Gasteiger partial charge in [-0.25, -0.2) is 19.6 Å². The summed E-state index contributed by atoms with van der Waals surface area (Å²) in [7, 11) is 1.25. The Morgan fingerprint density at radius 1 is 1.47 bits per heavy atom. The van der Waals surface area contributed by atoms with Gasteiger partial charge in [0.15, 0.2) is 5.69 Å². The first-order chi connectivity index (χ1) is 9.08. The van der Waals surface area contributed by atoms with Crippen LogP contribution in [0.15, 0.2) is 12.4 Å². The van der Waals surface area contributed by atoms with Crippen molar-refractivity contribution in [3.05, 3.63) is 18.1 Å². The largest absolute Gasteiger partial charge is 0.480 e. The van der Waals surface area contributed by atoms with E-state index in [9.17, 15) is 9.59 Å². The molecule has 1 unspecified atom stereocenters. The zero-order valence-corrected chi connectivity index (χ0v) is 10.9. The summed E-state index contributed by atoms with van der Waals surface area (Å²) in [6.45, 7) is 1.99. The van der Waals surface area contributed by atoms with Crippen molar-refractivity contribution in [2.75, 3.05) is 12.4 Å². The van der Waals surface area contributed by atoms with Crippen molar-refractivity contribution in [1.29, 1.82) is 0 Å². The van der Waals surface area contributed by atoms with Gasteiger partial charge >= 0.3 is 11.9 Å². The minimum atomic E-state index is -0.952. The Bertz CT molecular complexity index is 450. The SMILES string of the molecule is CCCCC(Nc1cc(C(=O)OC)ncn1)C(=O)O. The molecule has 0 aliphatic carbocycles. The van der Waals surface area contributed by atoms with Gasteiger partial charge in [0.05, 0.1) is 7.11 Å². The molecule has 7 nitrogen and oxygen atoms in total. The van der Waals surface area contributed by atoms with E-state index in [2.05, 4.69) is 20.0 Å². The highest BCUT2D eigenvalue weighted by Gasteiger charge is 2.18. The van der Waals surface area contributed by atoms with Crippen molar-refractivity contribution in [3.63, 3.8) is 0 Å². The minimum absolute atomic E-state index is 0.0830. The van der Waals surface area contributed by atoms with Gasteiger partial charge in [0.1, 0.15) is 18.2 Å². The molecule has 0 aromatic carbocycles. The molecular formula is C12H17N3O4. The number of nitrogens with zero attached hydrogens (tertiary/aromatic N) is 2. The van der Waals surface area contributed by atoms with Gasteiger partial charge in [0.25, 0.3) is 0 Å². The molecule has 1 atom stereocenters. The number of unbranched alkanes of at least 4 members (excludes halogenated alkanes) is 1. The molecule has 0 spiro atoms. The summed E-state index contributed by atoms with van der Waals surface area (Å²) in [6, 6.07) is 0.633. The average molecular weight is 267 g/mol. The molecule has 0 saturated heterocycles. The predicted molar refractivity (Wildman–Crippen MR) is 67.9 cm³/mol. The van der Waals surface area contributed by atoms with Gasteiger partial charge in [0, 0.05) is 6.07 Å². The molecule has 0 aliphatic rings. The maximum Gasteiger partial charge on any atom is 0.356 e. The van der Waals surface area contributed by atoms with Crippen molar-refractivity contribution >= 4 is 17.8 Å². The Kier molecular flexibility index (Phi) is 5.72. The maximum atomic E-state index is 11.3. The van der Waals surface area contributed by atoms with E-state index in [0.717, 1.165) is 12.8 Å². The van der Waals surface area contributed by atoms with Gasteiger partial charge in [0.2, 0.25) is 0 Å². The van der Waals surface area contributed by atoms with Gasteiger partial charge in [-0.05, 0) is 6.42 Å². The number of ether oxygens (including phenoxy) is 1.